The van der Waals surface area contributed by atoms with Crippen LogP contribution in [0.15, 0.2) is 0 Å². The molecule has 0 heterocycles. The summed E-state index contributed by atoms with van der Waals surface area (Å²) in [4.78, 5) is 21.6. The van der Waals surface area contributed by atoms with Crippen molar-refractivity contribution in [3.63, 3.8) is 0 Å². The van der Waals surface area contributed by atoms with Crippen LogP contribution in [0.3, 0.4) is 0 Å². The van der Waals surface area contributed by atoms with E-state index in [1.807, 2.05) is 0 Å². The second-order valence-electron chi connectivity index (χ2n) is 0.513. The van der Waals surface area contributed by atoms with Crippen molar-refractivity contribution >= 4 is 60.4 Å². The molecule has 0 aromatic rings. The molecule has 3 N–H and O–H groups in total. The summed E-state index contributed by atoms with van der Waals surface area (Å²) in [6.07, 6.45) is 0. The molecule has 8 heteroatoms. The van der Waals surface area contributed by atoms with E-state index in [4.69, 9.17) is 19.2 Å². The van der Waals surface area contributed by atoms with Gasteiger partial charge in [-0.1, -0.05) is 0 Å². The van der Waals surface area contributed by atoms with Crippen molar-refractivity contribution in [3.05, 3.63) is 0 Å². The van der Waals surface area contributed by atoms with Gasteiger partial charge in [-0.15, -0.1) is 0 Å². The molecule has 0 aliphatic rings. The van der Waals surface area contributed by atoms with E-state index < -0.39 is 7.82 Å². The Morgan fingerprint density at radius 1 is 1.12 bits per heavy atom. The van der Waals surface area contributed by atoms with Gasteiger partial charge in [-0.05, 0) is 0 Å². The Morgan fingerprint density at radius 3 is 1.12 bits per heavy atom. The second kappa shape index (κ2) is 9.62. The van der Waals surface area contributed by atoms with Gasteiger partial charge in [-0.2, -0.15) is 0 Å². The summed E-state index contributed by atoms with van der Waals surface area (Å²) < 4.78 is 8.88. The van der Waals surface area contributed by atoms with Crippen molar-refractivity contribution in [1.29, 1.82) is 0 Å². The van der Waals surface area contributed by atoms with Gasteiger partial charge in [-0.25, -0.2) is 4.57 Å². The van der Waals surface area contributed by atoms with E-state index >= 15 is 0 Å². The summed E-state index contributed by atoms with van der Waals surface area (Å²) in [5, 5.41) is 0. The van der Waals surface area contributed by atoms with E-state index in [1.165, 1.54) is 0 Å². The molecule has 4 nitrogen and oxygen atoms in total. The Hall–Kier alpha value is 2.62. The van der Waals surface area contributed by atoms with Crippen LogP contribution < -0.4 is 0 Å². The minimum atomic E-state index is -4.64. The van der Waals surface area contributed by atoms with Crippen molar-refractivity contribution in [1.82, 2.24) is 0 Å². The molecular weight excluding hydrogens is 250 g/mol. The molecule has 1 radical (unpaired) electrons. The van der Waals surface area contributed by atoms with Gasteiger partial charge in [0, 0.05) is 22.4 Å². The zero-order valence-corrected chi connectivity index (χ0v) is 4.88. The summed E-state index contributed by atoms with van der Waals surface area (Å²) in [6.45, 7) is 0. The molecule has 0 aromatic carbocycles. The molecule has 0 atom stereocenters. The molecule has 0 rings (SSSR count). The molecule has 0 spiro atoms. The molecule has 0 aliphatic carbocycles. The minimum absolute atomic E-state index is 0. The van der Waals surface area contributed by atoms with Crippen LogP contribution in [0.25, 0.3) is 0 Å². The Kier molecular flexibility index (Phi) is 27.0. The van der Waals surface area contributed by atoms with Crippen LogP contribution in [0, 0.1) is 0 Å². The molecule has 49 valence electrons. The predicted octanol–water partition coefficient (Wildman–Crippen LogP) is -2.50. The fourth-order valence-electron chi connectivity index (χ4n) is 0. The zero-order chi connectivity index (χ0) is 4.50. The monoisotopic (exact) mass is 255 g/mol. The zero-order valence-electron chi connectivity index (χ0n) is 2.50. The van der Waals surface area contributed by atoms with E-state index in [0.29, 0.717) is 0 Å². The quantitative estimate of drug-likeness (QED) is 0.331. The van der Waals surface area contributed by atoms with Crippen molar-refractivity contribution in [2.75, 3.05) is 0 Å². The Balaban J connectivity index is -0.0000000267. The second-order valence-corrected chi connectivity index (χ2v) is 1.54. The molecule has 0 aromatic heterocycles. The van der Waals surface area contributed by atoms with Gasteiger partial charge in [0.2, 0.25) is 0 Å². The first kappa shape index (κ1) is 22.4. The Bertz CT molecular complexity index is 62.2. The van der Waals surface area contributed by atoms with Crippen LogP contribution in [-0.4, -0.2) is 67.3 Å². The van der Waals surface area contributed by atoms with Gasteiger partial charge >= 0.3 is 60.4 Å². The van der Waals surface area contributed by atoms with Crippen LogP contribution in [0.5, 0.6) is 0 Å². The first-order valence-corrected chi connectivity index (χ1v) is 2.35. The first-order chi connectivity index (χ1) is 2.00. The van der Waals surface area contributed by atoms with Gasteiger partial charge in [0.15, 0.2) is 0 Å². The fraction of sp³-hybridized carbons (Fsp3) is 0. The third-order valence-electron chi connectivity index (χ3n) is 0. The summed E-state index contributed by atoms with van der Waals surface area (Å²) in [5.74, 6) is 0. The van der Waals surface area contributed by atoms with Crippen LogP contribution in [0.2, 0.25) is 0 Å². The third kappa shape index (κ3) is 73.0. The summed E-state index contributed by atoms with van der Waals surface area (Å²) >= 11 is 0. The summed E-state index contributed by atoms with van der Waals surface area (Å²) in [5.41, 5.74) is 0. The Labute approximate surface area is 101 Å². The predicted molar refractivity (Wildman–Crippen MR) is 30.0 cm³/mol. The van der Waals surface area contributed by atoms with Crippen molar-refractivity contribution in [2.24, 2.45) is 0 Å². The number of hydrogen-bond acceptors (Lipinski definition) is 1. The summed E-state index contributed by atoms with van der Waals surface area (Å²) in [7, 11) is -4.64. The van der Waals surface area contributed by atoms with Gasteiger partial charge < -0.3 is 14.7 Å². The van der Waals surface area contributed by atoms with E-state index in [1.54, 1.807) is 0 Å². The summed E-state index contributed by atoms with van der Waals surface area (Å²) in [6, 6.07) is 0. The topological polar surface area (TPSA) is 77.8 Å². The van der Waals surface area contributed by atoms with Crippen LogP contribution in [0.4, 0.5) is 0 Å². The molecule has 0 saturated carbocycles. The van der Waals surface area contributed by atoms with E-state index in [9.17, 15) is 0 Å². The molecule has 0 amide bonds. The van der Waals surface area contributed by atoms with Crippen LogP contribution >= 0.6 is 7.82 Å². The molecule has 8 heavy (non-hydrogen) atoms. The maximum absolute atomic E-state index is 8.88. The Morgan fingerprint density at radius 2 is 1.12 bits per heavy atom. The van der Waals surface area contributed by atoms with Gasteiger partial charge in [-0.3, -0.25) is 0 Å². The molecule has 0 bridgehead atoms. The third-order valence-corrected chi connectivity index (χ3v) is 0. The number of phosphoric acid groups is 1. The number of rotatable bonds is 0. The van der Waals surface area contributed by atoms with Crippen LogP contribution in [-0.2, 0) is 26.9 Å². The fourth-order valence-corrected chi connectivity index (χ4v) is 0. The molecule has 0 unspecified atom stereocenters. The van der Waals surface area contributed by atoms with Gasteiger partial charge in [0.1, 0.15) is 0 Å². The van der Waals surface area contributed by atoms with E-state index in [-0.39, 0.29) is 75.0 Å². The molecular formula is H6AgMgNaO4P. The van der Waals surface area contributed by atoms with E-state index in [2.05, 4.69) is 0 Å². The molecule has 0 saturated heterocycles. The molecule has 0 fully saturated rings. The average molecular weight is 256 g/mol. The van der Waals surface area contributed by atoms with Crippen molar-refractivity contribution in [2.45, 2.75) is 0 Å². The average Bonchev–Trinajstić information content (AvgIpc) is 0.722. The van der Waals surface area contributed by atoms with Crippen molar-refractivity contribution in [3.8, 4) is 0 Å². The van der Waals surface area contributed by atoms with Gasteiger partial charge in [0.05, 0.1) is 0 Å². The van der Waals surface area contributed by atoms with Crippen molar-refractivity contribution < 1.29 is 41.6 Å². The number of hydrogen-bond donors (Lipinski definition) is 3. The van der Waals surface area contributed by atoms with E-state index in [0.717, 1.165) is 0 Å². The van der Waals surface area contributed by atoms with Crippen LogP contribution in [0.1, 0.15) is 0 Å². The normalized spacial score (nSPS) is 7.38. The maximum atomic E-state index is 8.88. The SMILES string of the molecule is O=P(O)(O)O.[Ag].[MgH2].[NaH]. The standard InChI is InChI=1S/Ag.Mg.Na.H3O4P.3H/c;;;1-5(2,3)4;;;/h;;;(H3,1,2,3,4);;;. The van der Waals surface area contributed by atoms with Gasteiger partial charge in [0.25, 0.3) is 0 Å². The first-order valence-electron chi connectivity index (χ1n) is 0.783. The molecule has 0 aliphatic heterocycles.